The largest absolute Gasteiger partial charge is 0.508 e. The van der Waals surface area contributed by atoms with Crippen LogP contribution in [0.2, 0.25) is 15.1 Å². The first-order chi connectivity index (χ1) is 9.95. The van der Waals surface area contributed by atoms with E-state index < -0.39 is 0 Å². The number of amides is 1. The summed E-state index contributed by atoms with van der Waals surface area (Å²) in [6.45, 7) is 0. The van der Waals surface area contributed by atoms with Crippen molar-refractivity contribution in [3.63, 3.8) is 0 Å². The molecule has 6 heteroatoms. The van der Waals surface area contributed by atoms with E-state index in [4.69, 9.17) is 39.9 Å². The van der Waals surface area contributed by atoms with E-state index >= 15 is 0 Å². The molecular weight excluding hydrogens is 333 g/mol. The molecule has 0 saturated carbocycles. The molecule has 2 N–H and O–H groups in total. The number of carbonyl (C=O) groups excluding carboxylic acids is 1. The summed E-state index contributed by atoms with van der Waals surface area (Å²) >= 11 is 17.7. The molecule has 0 bridgehead atoms. The number of rotatable bonds is 3. The first-order valence-electron chi connectivity index (χ1n) is 5.88. The van der Waals surface area contributed by atoms with Crippen LogP contribution in [0.4, 0.5) is 5.69 Å². The Hall–Kier alpha value is -1.68. The Morgan fingerprint density at radius 1 is 1.00 bits per heavy atom. The Morgan fingerprint density at radius 3 is 2.29 bits per heavy atom. The predicted octanol–water partition coefficient (Wildman–Crippen LogP) is 5.00. The van der Waals surface area contributed by atoms with Crippen molar-refractivity contribution < 1.29 is 9.90 Å². The van der Waals surface area contributed by atoms with Gasteiger partial charge in [-0.1, -0.05) is 46.9 Å². The fourth-order valence-corrected chi connectivity index (χ4v) is 2.14. The van der Waals surface area contributed by atoms with E-state index in [1.165, 1.54) is 30.3 Å². The average molecular weight is 343 g/mol. The van der Waals surface area contributed by atoms with E-state index in [2.05, 4.69) is 5.32 Å². The Morgan fingerprint density at radius 2 is 1.62 bits per heavy atom. The summed E-state index contributed by atoms with van der Waals surface area (Å²) < 4.78 is 0. The number of anilines is 1. The van der Waals surface area contributed by atoms with Gasteiger partial charge in [0.1, 0.15) is 5.75 Å². The van der Waals surface area contributed by atoms with E-state index in [-0.39, 0.29) is 11.7 Å². The van der Waals surface area contributed by atoms with Crippen LogP contribution in [0.3, 0.4) is 0 Å². The minimum absolute atomic E-state index is 0.166. The lowest BCUT2D eigenvalue weighted by Gasteiger charge is -2.06. The monoisotopic (exact) mass is 341 g/mol. The number of carbonyl (C=O) groups is 1. The van der Waals surface area contributed by atoms with Crippen molar-refractivity contribution in [2.45, 2.75) is 0 Å². The molecule has 0 radical (unpaired) electrons. The summed E-state index contributed by atoms with van der Waals surface area (Å²) in [5, 5.41) is 12.7. The molecule has 0 aliphatic rings. The number of hydrogen-bond donors (Lipinski definition) is 2. The molecule has 0 atom stereocenters. The van der Waals surface area contributed by atoms with E-state index in [0.717, 1.165) is 5.56 Å². The van der Waals surface area contributed by atoms with Crippen molar-refractivity contribution in [2.75, 3.05) is 5.32 Å². The summed E-state index contributed by atoms with van der Waals surface area (Å²) in [5.41, 5.74) is 1.16. The van der Waals surface area contributed by atoms with Gasteiger partial charge in [-0.15, -0.1) is 0 Å². The van der Waals surface area contributed by atoms with Crippen molar-refractivity contribution in [2.24, 2.45) is 0 Å². The van der Waals surface area contributed by atoms with Gasteiger partial charge in [0, 0.05) is 6.08 Å². The van der Waals surface area contributed by atoms with Crippen LogP contribution in [-0.2, 0) is 4.79 Å². The molecule has 0 unspecified atom stereocenters. The topological polar surface area (TPSA) is 49.3 Å². The molecular formula is C15H10Cl3NO2. The molecule has 108 valence electrons. The zero-order chi connectivity index (χ0) is 15.4. The van der Waals surface area contributed by atoms with Crippen LogP contribution in [0.1, 0.15) is 5.56 Å². The smallest absolute Gasteiger partial charge is 0.248 e. The summed E-state index contributed by atoms with van der Waals surface area (Å²) in [5.74, 6) is -0.192. The number of phenolic OH excluding ortho intramolecular Hbond substituents is 1. The number of benzene rings is 2. The SMILES string of the molecule is O=C(/C=C/c1ccc(O)cc1)Nc1cc(Cl)c(Cl)cc1Cl. The highest BCUT2D eigenvalue weighted by atomic mass is 35.5. The number of aromatic hydroxyl groups is 1. The lowest BCUT2D eigenvalue weighted by molar-refractivity contribution is -0.111. The second-order valence-corrected chi connectivity index (χ2v) is 5.38. The highest BCUT2D eigenvalue weighted by molar-refractivity contribution is 6.44. The molecule has 2 aromatic carbocycles. The summed E-state index contributed by atoms with van der Waals surface area (Å²) in [4.78, 5) is 11.8. The van der Waals surface area contributed by atoms with Gasteiger partial charge in [0.15, 0.2) is 0 Å². The summed E-state index contributed by atoms with van der Waals surface area (Å²) in [6, 6.07) is 9.39. The second kappa shape index (κ2) is 6.85. The fourth-order valence-electron chi connectivity index (χ4n) is 1.55. The molecule has 3 nitrogen and oxygen atoms in total. The van der Waals surface area contributed by atoms with Crippen LogP contribution in [0.15, 0.2) is 42.5 Å². The molecule has 0 saturated heterocycles. The first kappa shape index (κ1) is 15.7. The molecule has 0 aliphatic carbocycles. The minimum atomic E-state index is -0.358. The zero-order valence-corrected chi connectivity index (χ0v) is 12.9. The normalized spacial score (nSPS) is 10.8. The van der Waals surface area contributed by atoms with Gasteiger partial charge in [0.2, 0.25) is 5.91 Å². The Bertz CT molecular complexity index is 697. The van der Waals surface area contributed by atoms with Gasteiger partial charge >= 0.3 is 0 Å². The Kier molecular flexibility index (Phi) is 5.12. The fraction of sp³-hybridized carbons (Fsp3) is 0. The van der Waals surface area contributed by atoms with Crippen molar-refractivity contribution in [3.8, 4) is 5.75 Å². The molecule has 0 aliphatic heterocycles. The summed E-state index contributed by atoms with van der Waals surface area (Å²) in [6.07, 6.45) is 2.96. The Balaban J connectivity index is 2.08. The lowest BCUT2D eigenvalue weighted by atomic mass is 10.2. The second-order valence-electron chi connectivity index (χ2n) is 4.16. The molecule has 0 aromatic heterocycles. The zero-order valence-electron chi connectivity index (χ0n) is 10.6. The van der Waals surface area contributed by atoms with Crippen LogP contribution in [0, 0.1) is 0 Å². The van der Waals surface area contributed by atoms with Gasteiger partial charge in [-0.3, -0.25) is 4.79 Å². The van der Waals surface area contributed by atoms with Crippen molar-refractivity contribution >= 4 is 52.5 Å². The van der Waals surface area contributed by atoms with Gasteiger partial charge in [0.25, 0.3) is 0 Å². The van der Waals surface area contributed by atoms with Crippen LogP contribution in [-0.4, -0.2) is 11.0 Å². The maximum atomic E-state index is 11.8. The van der Waals surface area contributed by atoms with E-state index in [1.807, 2.05) is 0 Å². The molecule has 2 rings (SSSR count). The van der Waals surface area contributed by atoms with Crippen molar-refractivity contribution in [1.82, 2.24) is 0 Å². The number of hydrogen-bond acceptors (Lipinski definition) is 2. The number of halogens is 3. The average Bonchev–Trinajstić information content (AvgIpc) is 2.44. The number of phenols is 1. The first-order valence-corrected chi connectivity index (χ1v) is 7.02. The van der Waals surface area contributed by atoms with Crippen LogP contribution >= 0.6 is 34.8 Å². The maximum absolute atomic E-state index is 11.8. The molecule has 21 heavy (non-hydrogen) atoms. The van der Waals surface area contributed by atoms with E-state index in [0.29, 0.717) is 20.8 Å². The quantitative estimate of drug-likeness (QED) is 0.609. The highest BCUT2D eigenvalue weighted by Gasteiger charge is 2.07. The van der Waals surface area contributed by atoms with E-state index in [1.54, 1.807) is 18.2 Å². The molecule has 1 amide bonds. The van der Waals surface area contributed by atoms with Crippen LogP contribution < -0.4 is 5.32 Å². The van der Waals surface area contributed by atoms with Crippen molar-refractivity contribution in [1.29, 1.82) is 0 Å². The molecule has 2 aromatic rings. The Labute approximate surface area is 136 Å². The lowest BCUT2D eigenvalue weighted by Crippen LogP contribution is -2.08. The van der Waals surface area contributed by atoms with Gasteiger partial charge in [-0.05, 0) is 35.9 Å². The minimum Gasteiger partial charge on any atom is -0.508 e. The van der Waals surface area contributed by atoms with E-state index in [9.17, 15) is 4.79 Å². The molecule has 0 heterocycles. The summed E-state index contributed by atoms with van der Waals surface area (Å²) in [7, 11) is 0. The standard InChI is InChI=1S/C15H10Cl3NO2/c16-11-7-13(18)14(8-12(11)17)19-15(21)6-3-9-1-4-10(20)5-2-9/h1-8,20H,(H,19,21)/b6-3+. The third kappa shape index (κ3) is 4.39. The van der Waals surface area contributed by atoms with Crippen molar-refractivity contribution in [3.05, 3.63) is 63.1 Å². The predicted molar refractivity (Wildman–Crippen MR) is 87.2 cm³/mol. The van der Waals surface area contributed by atoms with Gasteiger partial charge in [0.05, 0.1) is 20.8 Å². The van der Waals surface area contributed by atoms with Gasteiger partial charge in [-0.25, -0.2) is 0 Å². The van der Waals surface area contributed by atoms with Crippen LogP contribution in [0.5, 0.6) is 5.75 Å². The van der Waals surface area contributed by atoms with Crippen LogP contribution in [0.25, 0.3) is 6.08 Å². The maximum Gasteiger partial charge on any atom is 0.248 e. The van der Waals surface area contributed by atoms with Gasteiger partial charge in [-0.2, -0.15) is 0 Å². The number of nitrogens with one attached hydrogen (secondary N) is 1. The van der Waals surface area contributed by atoms with Gasteiger partial charge < -0.3 is 10.4 Å². The third-order valence-corrected chi connectivity index (χ3v) is 3.62. The molecule has 0 fully saturated rings. The molecule has 0 spiro atoms. The highest BCUT2D eigenvalue weighted by Crippen LogP contribution is 2.32. The third-order valence-electron chi connectivity index (χ3n) is 2.59.